The molecule has 0 saturated heterocycles. The molecule has 1 nitrogen and oxygen atoms in total. The normalized spacial score (nSPS) is 25.4. The summed E-state index contributed by atoms with van der Waals surface area (Å²) in [6, 6.07) is 3.13. The maximum atomic E-state index is 3.81. The van der Waals surface area contributed by atoms with Crippen LogP contribution in [0.2, 0.25) is 0 Å². The number of nitrogens with one attached hydrogen (secondary N) is 1. The van der Waals surface area contributed by atoms with Crippen molar-refractivity contribution in [2.24, 2.45) is 5.92 Å². The van der Waals surface area contributed by atoms with E-state index in [9.17, 15) is 0 Å². The third-order valence-corrected chi connectivity index (χ3v) is 6.11. The molecule has 0 aliphatic heterocycles. The highest BCUT2D eigenvalue weighted by atomic mass is 32.1. The van der Waals surface area contributed by atoms with Gasteiger partial charge in [-0.25, -0.2) is 0 Å². The van der Waals surface area contributed by atoms with Crippen molar-refractivity contribution in [3.05, 3.63) is 21.9 Å². The van der Waals surface area contributed by atoms with Crippen LogP contribution in [-0.4, -0.2) is 12.6 Å². The number of fused-ring (bicyclic) bond motifs is 1. The lowest BCUT2D eigenvalue weighted by atomic mass is 9.79. The van der Waals surface area contributed by atoms with Gasteiger partial charge in [0.2, 0.25) is 0 Å². The molecule has 1 N–H and O–H groups in total. The van der Waals surface area contributed by atoms with E-state index in [2.05, 4.69) is 23.7 Å². The van der Waals surface area contributed by atoms with Crippen LogP contribution in [0.1, 0.15) is 68.2 Å². The molecule has 0 amide bonds. The summed E-state index contributed by atoms with van der Waals surface area (Å²) in [4.78, 5) is 1.67. The van der Waals surface area contributed by atoms with Gasteiger partial charge in [-0.05, 0) is 55.2 Å². The van der Waals surface area contributed by atoms with Crippen LogP contribution in [0.5, 0.6) is 0 Å². The predicted octanol–water partition coefficient (Wildman–Crippen LogP) is 4.73. The number of rotatable bonds is 5. The van der Waals surface area contributed by atoms with E-state index >= 15 is 0 Å². The molecule has 2 aliphatic carbocycles. The van der Waals surface area contributed by atoms with Crippen LogP contribution in [-0.2, 0) is 6.42 Å². The third-order valence-electron chi connectivity index (χ3n) is 5.11. The van der Waals surface area contributed by atoms with E-state index < -0.39 is 0 Å². The smallest absolute Gasteiger partial charge is 0.0139 e. The Morgan fingerprint density at radius 3 is 2.89 bits per heavy atom. The van der Waals surface area contributed by atoms with Crippen molar-refractivity contribution in [1.82, 2.24) is 5.32 Å². The molecule has 0 aromatic carbocycles. The number of likely N-dealkylation sites (N-methyl/N-ethyl adjacent to an activating group) is 1. The average molecular weight is 277 g/mol. The van der Waals surface area contributed by atoms with Gasteiger partial charge in [-0.2, -0.15) is 0 Å². The van der Waals surface area contributed by atoms with E-state index in [4.69, 9.17) is 0 Å². The van der Waals surface area contributed by atoms with E-state index in [1.807, 2.05) is 11.3 Å². The highest BCUT2D eigenvalue weighted by molar-refractivity contribution is 7.10. The third kappa shape index (κ3) is 3.05. The summed E-state index contributed by atoms with van der Waals surface area (Å²) in [6.07, 6.45) is 11.4. The molecule has 2 aliphatic rings. The van der Waals surface area contributed by atoms with Crippen LogP contribution in [0.15, 0.2) is 11.4 Å². The first-order valence-electron chi connectivity index (χ1n) is 8.18. The molecule has 106 valence electrons. The maximum Gasteiger partial charge on any atom is 0.0139 e. The standard InChI is InChI=1S/C17H27NS/c1-2-18-16(12-13-6-3-4-7-13)14-8-5-9-17-15(14)10-11-19-17/h10-11,13-14,16,18H,2-9,12H2,1H3. The van der Waals surface area contributed by atoms with Gasteiger partial charge in [0.05, 0.1) is 0 Å². The van der Waals surface area contributed by atoms with Crippen molar-refractivity contribution >= 4 is 11.3 Å². The summed E-state index contributed by atoms with van der Waals surface area (Å²) in [5.41, 5.74) is 1.68. The van der Waals surface area contributed by atoms with E-state index in [-0.39, 0.29) is 0 Å². The summed E-state index contributed by atoms with van der Waals surface area (Å²) >= 11 is 1.98. The first-order valence-corrected chi connectivity index (χ1v) is 9.06. The van der Waals surface area contributed by atoms with Gasteiger partial charge in [-0.1, -0.05) is 32.6 Å². The van der Waals surface area contributed by atoms with Gasteiger partial charge >= 0.3 is 0 Å². The molecule has 1 aromatic heterocycles. The van der Waals surface area contributed by atoms with Crippen molar-refractivity contribution < 1.29 is 0 Å². The molecule has 1 fully saturated rings. The van der Waals surface area contributed by atoms with Crippen LogP contribution in [0.25, 0.3) is 0 Å². The summed E-state index contributed by atoms with van der Waals surface area (Å²) < 4.78 is 0. The van der Waals surface area contributed by atoms with Crippen molar-refractivity contribution in [2.45, 2.75) is 70.3 Å². The number of aryl methyl sites for hydroxylation is 1. The molecule has 0 radical (unpaired) electrons. The molecule has 2 atom stereocenters. The van der Waals surface area contributed by atoms with Crippen molar-refractivity contribution in [3.63, 3.8) is 0 Å². The van der Waals surface area contributed by atoms with Gasteiger partial charge in [-0.15, -0.1) is 11.3 Å². The van der Waals surface area contributed by atoms with Crippen LogP contribution < -0.4 is 5.32 Å². The van der Waals surface area contributed by atoms with E-state index in [0.29, 0.717) is 0 Å². The Morgan fingerprint density at radius 1 is 1.26 bits per heavy atom. The van der Waals surface area contributed by atoms with E-state index in [0.717, 1.165) is 24.4 Å². The van der Waals surface area contributed by atoms with Gasteiger partial charge in [0.15, 0.2) is 0 Å². The first kappa shape index (κ1) is 13.6. The SMILES string of the molecule is CCNC(CC1CCCC1)C1CCCc2sccc21. The second-order valence-electron chi connectivity index (χ2n) is 6.35. The topological polar surface area (TPSA) is 12.0 Å². The quantitative estimate of drug-likeness (QED) is 0.820. The molecular weight excluding hydrogens is 250 g/mol. The second-order valence-corrected chi connectivity index (χ2v) is 7.35. The number of hydrogen-bond donors (Lipinski definition) is 1. The highest BCUT2D eigenvalue weighted by Gasteiger charge is 2.30. The number of thiophene rings is 1. The molecule has 2 heteroatoms. The minimum Gasteiger partial charge on any atom is -0.314 e. The zero-order chi connectivity index (χ0) is 13.1. The largest absolute Gasteiger partial charge is 0.314 e. The van der Waals surface area contributed by atoms with Gasteiger partial charge < -0.3 is 5.32 Å². The van der Waals surface area contributed by atoms with Crippen LogP contribution in [0, 0.1) is 5.92 Å². The minimum atomic E-state index is 0.724. The molecule has 2 unspecified atom stereocenters. The van der Waals surface area contributed by atoms with Gasteiger partial charge in [0.1, 0.15) is 0 Å². The summed E-state index contributed by atoms with van der Waals surface area (Å²) in [6.45, 7) is 3.38. The fourth-order valence-electron chi connectivity index (χ4n) is 4.20. The van der Waals surface area contributed by atoms with Gasteiger partial charge in [0, 0.05) is 16.8 Å². The Labute approximate surface area is 121 Å². The lowest BCUT2D eigenvalue weighted by Gasteiger charge is -2.33. The Morgan fingerprint density at radius 2 is 2.11 bits per heavy atom. The molecule has 1 heterocycles. The molecular formula is C17H27NS. The van der Waals surface area contributed by atoms with Crippen molar-refractivity contribution in [2.75, 3.05) is 6.54 Å². The fourth-order valence-corrected chi connectivity index (χ4v) is 5.19. The average Bonchev–Trinajstić information content (AvgIpc) is 3.08. The summed E-state index contributed by atoms with van der Waals surface area (Å²) in [5, 5.41) is 6.12. The van der Waals surface area contributed by atoms with E-state index in [1.54, 1.807) is 10.4 Å². The maximum absolute atomic E-state index is 3.81. The van der Waals surface area contributed by atoms with Crippen LogP contribution in [0.4, 0.5) is 0 Å². The zero-order valence-electron chi connectivity index (χ0n) is 12.2. The molecule has 3 rings (SSSR count). The monoisotopic (exact) mass is 277 g/mol. The summed E-state index contributed by atoms with van der Waals surface area (Å²) in [7, 11) is 0. The van der Waals surface area contributed by atoms with Crippen molar-refractivity contribution in [1.29, 1.82) is 0 Å². The fraction of sp³-hybridized carbons (Fsp3) is 0.765. The molecule has 19 heavy (non-hydrogen) atoms. The molecule has 1 saturated carbocycles. The van der Waals surface area contributed by atoms with Crippen LogP contribution in [0.3, 0.4) is 0 Å². The molecule has 0 bridgehead atoms. The number of hydrogen-bond acceptors (Lipinski definition) is 2. The zero-order valence-corrected chi connectivity index (χ0v) is 13.0. The highest BCUT2D eigenvalue weighted by Crippen LogP contribution is 2.40. The second kappa shape index (κ2) is 6.41. The Balaban J connectivity index is 1.73. The van der Waals surface area contributed by atoms with Crippen molar-refractivity contribution in [3.8, 4) is 0 Å². The Kier molecular flexibility index (Phi) is 4.60. The van der Waals surface area contributed by atoms with E-state index in [1.165, 1.54) is 51.4 Å². The Hall–Kier alpha value is -0.340. The predicted molar refractivity (Wildman–Crippen MR) is 84.0 cm³/mol. The lowest BCUT2D eigenvalue weighted by molar-refractivity contribution is 0.327. The molecule has 1 aromatic rings. The lowest BCUT2D eigenvalue weighted by Crippen LogP contribution is -2.37. The first-order chi connectivity index (χ1) is 9.38. The Bertz CT molecular complexity index is 392. The van der Waals surface area contributed by atoms with Crippen LogP contribution >= 0.6 is 11.3 Å². The van der Waals surface area contributed by atoms with Gasteiger partial charge in [-0.3, -0.25) is 0 Å². The minimum absolute atomic E-state index is 0.724. The van der Waals surface area contributed by atoms with Gasteiger partial charge in [0.25, 0.3) is 0 Å². The summed E-state index contributed by atoms with van der Waals surface area (Å²) in [5.74, 6) is 1.78. The molecule has 0 spiro atoms.